The van der Waals surface area contributed by atoms with E-state index in [0.717, 1.165) is 38.2 Å². The molecule has 1 saturated heterocycles. The second kappa shape index (κ2) is 6.33. The highest BCUT2D eigenvalue weighted by molar-refractivity contribution is 9.09. The zero-order valence-corrected chi connectivity index (χ0v) is 11.3. The topological polar surface area (TPSA) is 34.5 Å². The first-order chi connectivity index (χ1) is 8.31. The number of hydrogen-bond donors (Lipinski definition) is 0. The molecule has 2 heterocycles. The summed E-state index contributed by atoms with van der Waals surface area (Å²) in [6.45, 7) is 4.13. The smallest absolute Gasteiger partial charge is 0.250 e. The van der Waals surface area contributed by atoms with Crippen LogP contribution in [0.1, 0.15) is 0 Å². The molecule has 0 N–H and O–H groups in total. The zero-order chi connectivity index (χ0) is 12.1. The average molecular weight is 301 g/mol. The summed E-state index contributed by atoms with van der Waals surface area (Å²) in [5, 5.41) is 0.913. The van der Waals surface area contributed by atoms with Crippen LogP contribution in [0.5, 0.6) is 0 Å². The van der Waals surface area contributed by atoms with Gasteiger partial charge in [0.05, 0.1) is 13.2 Å². The Balaban J connectivity index is 1.93. The summed E-state index contributed by atoms with van der Waals surface area (Å²) in [6, 6.07) is 5.68. The molecule has 94 valence electrons. The fourth-order valence-electron chi connectivity index (χ4n) is 2.01. The third-order valence-electron chi connectivity index (χ3n) is 3.05. The van der Waals surface area contributed by atoms with Crippen LogP contribution in [-0.2, 0) is 11.3 Å². The Labute approximate surface area is 109 Å². The number of pyridine rings is 1. The number of nitrogens with zero attached hydrogens (tertiary/aromatic N) is 2. The highest BCUT2D eigenvalue weighted by Crippen LogP contribution is 2.09. The number of ether oxygens (including phenoxy) is 1. The van der Waals surface area contributed by atoms with Crippen molar-refractivity contribution in [3.8, 4) is 0 Å². The first kappa shape index (κ1) is 12.8. The normalized spacial score (nSPS) is 21.6. The van der Waals surface area contributed by atoms with Crippen molar-refractivity contribution < 1.29 is 4.74 Å². The molecule has 1 aromatic rings. The molecule has 0 amide bonds. The summed E-state index contributed by atoms with van der Waals surface area (Å²) in [7, 11) is 0. The lowest BCUT2D eigenvalue weighted by Gasteiger charge is -2.34. The minimum atomic E-state index is 0.0659. The van der Waals surface area contributed by atoms with Gasteiger partial charge in [-0.1, -0.05) is 22.0 Å². The minimum absolute atomic E-state index is 0.0659. The summed E-state index contributed by atoms with van der Waals surface area (Å²) in [5.41, 5.74) is 0.0659. The lowest BCUT2D eigenvalue weighted by atomic mass is 10.2. The average Bonchev–Trinajstić information content (AvgIpc) is 2.38. The monoisotopic (exact) mass is 300 g/mol. The molecule has 1 unspecified atom stereocenters. The van der Waals surface area contributed by atoms with Gasteiger partial charge in [0.25, 0.3) is 5.56 Å². The Morgan fingerprint density at radius 2 is 2.29 bits per heavy atom. The molecule has 4 nitrogen and oxygen atoms in total. The van der Waals surface area contributed by atoms with Crippen LogP contribution in [0, 0.1) is 0 Å². The second-order valence-corrected chi connectivity index (χ2v) is 4.80. The lowest BCUT2D eigenvalue weighted by Crippen LogP contribution is -2.47. The number of alkyl halides is 1. The van der Waals surface area contributed by atoms with E-state index in [1.54, 1.807) is 16.7 Å². The van der Waals surface area contributed by atoms with Crippen LogP contribution in [0.25, 0.3) is 0 Å². The number of halogens is 1. The van der Waals surface area contributed by atoms with Gasteiger partial charge < -0.3 is 9.30 Å². The van der Waals surface area contributed by atoms with E-state index in [4.69, 9.17) is 4.74 Å². The Hall–Kier alpha value is -0.650. The predicted molar refractivity (Wildman–Crippen MR) is 70.7 cm³/mol. The van der Waals surface area contributed by atoms with Crippen molar-refractivity contribution in [1.82, 2.24) is 9.47 Å². The second-order valence-electron chi connectivity index (χ2n) is 4.15. The molecule has 17 heavy (non-hydrogen) atoms. The van der Waals surface area contributed by atoms with Crippen LogP contribution in [-0.4, -0.2) is 47.1 Å². The Kier molecular flexibility index (Phi) is 4.76. The van der Waals surface area contributed by atoms with Crippen LogP contribution in [0.2, 0.25) is 0 Å². The van der Waals surface area contributed by atoms with Gasteiger partial charge in [0, 0.05) is 43.3 Å². The third kappa shape index (κ3) is 3.40. The van der Waals surface area contributed by atoms with Crippen LogP contribution >= 0.6 is 15.9 Å². The number of rotatable bonds is 4. The molecule has 0 aromatic carbocycles. The molecule has 1 aliphatic heterocycles. The van der Waals surface area contributed by atoms with Crippen LogP contribution in [0.15, 0.2) is 29.2 Å². The summed E-state index contributed by atoms with van der Waals surface area (Å²) < 4.78 is 7.19. The van der Waals surface area contributed by atoms with E-state index in [1.165, 1.54) is 0 Å². The van der Waals surface area contributed by atoms with Crippen LogP contribution < -0.4 is 5.56 Å². The van der Waals surface area contributed by atoms with E-state index in [0.29, 0.717) is 6.04 Å². The lowest BCUT2D eigenvalue weighted by molar-refractivity contribution is 0.000467. The van der Waals surface area contributed by atoms with Gasteiger partial charge in [-0.25, -0.2) is 0 Å². The maximum atomic E-state index is 11.6. The van der Waals surface area contributed by atoms with E-state index in [9.17, 15) is 4.79 Å². The molecule has 0 spiro atoms. The van der Waals surface area contributed by atoms with Gasteiger partial charge in [0.2, 0.25) is 0 Å². The van der Waals surface area contributed by atoms with Crippen molar-refractivity contribution in [3.63, 3.8) is 0 Å². The van der Waals surface area contributed by atoms with Crippen molar-refractivity contribution in [2.75, 3.05) is 31.6 Å². The molecule has 1 aliphatic rings. The van der Waals surface area contributed by atoms with Gasteiger partial charge in [-0.05, 0) is 6.07 Å². The van der Waals surface area contributed by atoms with Gasteiger partial charge in [-0.2, -0.15) is 0 Å². The van der Waals surface area contributed by atoms with E-state index >= 15 is 0 Å². The predicted octanol–water partition coefficient (Wildman–Crippen LogP) is 0.944. The SMILES string of the molecule is O=c1ccccn1CCN1CCOCC1CBr. The van der Waals surface area contributed by atoms with Gasteiger partial charge in [-0.15, -0.1) is 0 Å². The highest BCUT2D eigenvalue weighted by atomic mass is 79.9. The standard InChI is InChI=1S/C12H17BrN2O2/c13-9-11-10-17-8-7-14(11)5-6-15-4-2-1-3-12(15)16/h1-4,11H,5-10H2. The Bertz CT molecular complexity index is 407. The molecular formula is C12H17BrN2O2. The van der Waals surface area contributed by atoms with Crippen molar-refractivity contribution in [3.05, 3.63) is 34.7 Å². The fraction of sp³-hybridized carbons (Fsp3) is 0.583. The summed E-state index contributed by atoms with van der Waals surface area (Å²) in [4.78, 5) is 13.9. The molecule has 2 rings (SSSR count). The maximum absolute atomic E-state index is 11.6. The summed E-state index contributed by atoms with van der Waals surface area (Å²) >= 11 is 3.50. The highest BCUT2D eigenvalue weighted by Gasteiger charge is 2.21. The summed E-state index contributed by atoms with van der Waals surface area (Å²) in [5.74, 6) is 0. The number of hydrogen-bond acceptors (Lipinski definition) is 3. The minimum Gasteiger partial charge on any atom is -0.378 e. The van der Waals surface area contributed by atoms with Gasteiger partial charge in [0.15, 0.2) is 0 Å². The molecular weight excluding hydrogens is 284 g/mol. The fourth-order valence-corrected chi connectivity index (χ4v) is 2.60. The van der Waals surface area contributed by atoms with Gasteiger partial charge >= 0.3 is 0 Å². The molecule has 0 saturated carbocycles. The first-order valence-corrected chi connectivity index (χ1v) is 6.96. The Morgan fingerprint density at radius 1 is 1.41 bits per heavy atom. The van der Waals surface area contributed by atoms with E-state index in [1.807, 2.05) is 12.3 Å². The number of morpholine rings is 1. The zero-order valence-electron chi connectivity index (χ0n) is 9.72. The number of aromatic nitrogens is 1. The molecule has 1 fully saturated rings. The van der Waals surface area contributed by atoms with Gasteiger partial charge in [-0.3, -0.25) is 9.69 Å². The van der Waals surface area contributed by atoms with Crippen molar-refractivity contribution in [2.45, 2.75) is 12.6 Å². The van der Waals surface area contributed by atoms with Crippen LogP contribution in [0.4, 0.5) is 0 Å². The van der Waals surface area contributed by atoms with Gasteiger partial charge in [0.1, 0.15) is 0 Å². The first-order valence-electron chi connectivity index (χ1n) is 5.84. The van der Waals surface area contributed by atoms with E-state index in [2.05, 4.69) is 20.8 Å². The quantitative estimate of drug-likeness (QED) is 0.777. The van der Waals surface area contributed by atoms with E-state index < -0.39 is 0 Å². The van der Waals surface area contributed by atoms with Crippen LogP contribution in [0.3, 0.4) is 0 Å². The van der Waals surface area contributed by atoms with Crippen molar-refractivity contribution in [1.29, 1.82) is 0 Å². The third-order valence-corrected chi connectivity index (χ3v) is 3.80. The molecule has 0 aliphatic carbocycles. The van der Waals surface area contributed by atoms with Crippen molar-refractivity contribution >= 4 is 15.9 Å². The molecule has 1 aromatic heterocycles. The molecule has 0 bridgehead atoms. The molecule has 5 heteroatoms. The molecule has 1 atom stereocenters. The molecule has 0 radical (unpaired) electrons. The Morgan fingerprint density at radius 3 is 3.06 bits per heavy atom. The van der Waals surface area contributed by atoms with E-state index in [-0.39, 0.29) is 5.56 Å². The largest absolute Gasteiger partial charge is 0.378 e. The van der Waals surface area contributed by atoms with Crippen molar-refractivity contribution in [2.24, 2.45) is 0 Å². The maximum Gasteiger partial charge on any atom is 0.250 e. The summed E-state index contributed by atoms with van der Waals surface area (Å²) in [6.07, 6.45) is 1.84.